The minimum Gasteiger partial charge on any atom is -0.378 e. The second-order valence-corrected chi connectivity index (χ2v) is 4.21. The van der Waals surface area contributed by atoms with E-state index in [1.54, 1.807) is 0 Å². The predicted octanol–water partition coefficient (Wildman–Crippen LogP) is -0.330. The topological polar surface area (TPSA) is 58.6 Å². The number of rotatable bonds is 2. The third-order valence-electron chi connectivity index (χ3n) is 2.24. The lowest BCUT2D eigenvalue weighted by molar-refractivity contribution is -0.125. The normalized spacial score (nSPS) is 28.6. The van der Waals surface area contributed by atoms with Crippen molar-refractivity contribution in [2.75, 3.05) is 32.1 Å². The van der Waals surface area contributed by atoms with E-state index in [0.717, 1.165) is 18.3 Å². The maximum atomic E-state index is 11.3. The van der Waals surface area contributed by atoms with Crippen molar-refractivity contribution in [1.82, 2.24) is 10.2 Å². The van der Waals surface area contributed by atoms with Crippen LogP contribution in [0.1, 0.15) is 0 Å². The van der Waals surface area contributed by atoms with Gasteiger partial charge in [0.15, 0.2) is 0 Å². The van der Waals surface area contributed by atoms with Gasteiger partial charge >= 0.3 is 0 Å². The quantitative estimate of drug-likeness (QED) is 0.685. The van der Waals surface area contributed by atoms with E-state index in [4.69, 9.17) is 4.74 Å². The molecule has 14 heavy (non-hydrogen) atoms. The number of nitrogens with zero attached hydrogens (tertiary/aromatic N) is 1. The molecule has 0 aromatic carbocycles. The number of hydrogen-bond acceptors (Lipinski definition) is 5. The Morgan fingerprint density at radius 3 is 3.00 bits per heavy atom. The zero-order valence-electron chi connectivity index (χ0n) is 7.69. The van der Waals surface area contributed by atoms with Crippen molar-refractivity contribution < 1.29 is 14.3 Å². The Balaban J connectivity index is 1.89. The largest absolute Gasteiger partial charge is 0.378 e. The third kappa shape index (κ3) is 2.08. The number of carbonyl (C=O) groups excluding carboxylic acids is 2. The predicted molar refractivity (Wildman–Crippen MR) is 52.2 cm³/mol. The number of morpholine rings is 1. The van der Waals surface area contributed by atoms with Crippen LogP contribution in [0.4, 0.5) is 4.79 Å². The molecule has 2 rings (SSSR count). The summed E-state index contributed by atoms with van der Waals surface area (Å²) in [6.07, 6.45) is 0. The lowest BCUT2D eigenvalue weighted by Crippen LogP contribution is -2.49. The first-order valence-electron chi connectivity index (χ1n) is 4.55. The summed E-state index contributed by atoms with van der Waals surface area (Å²) in [5, 5.41) is 3.07. The van der Waals surface area contributed by atoms with Gasteiger partial charge in [0.25, 0.3) is 5.24 Å². The highest BCUT2D eigenvalue weighted by molar-refractivity contribution is 8.14. The summed E-state index contributed by atoms with van der Waals surface area (Å²) < 4.78 is 5.24. The SMILES string of the molecule is O=C1CSC(=O)N1C[C@@H]1COCCN1. The lowest BCUT2D eigenvalue weighted by atomic mass is 10.2. The number of amides is 2. The van der Waals surface area contributed by atoms with Crippen molar-refractivity contribution >= 4 is 22.9 Å². The molecule has 2 aliphatic heterocycles. The van der Waals surface area contributed by atoms with Crippen LogP contribution in [0.15, 0.2) is 0 Å². The molecule has 0 aliphatic carbocycles. The van der Waals surface area contributed by atoms with Crippen molar-refractivity contribution in [3.63, 3.8) is 0 Å². The van der Waals surface area contributed by atoms with Crippen LogP contribution >= 0.6 is 11.8 Å². The second-order valence-electron chi connectivity index (χ2n) is 3.28. The van der Waals surface area contributed by atoms with Crippen LogP contribution in [-0.4, -0.2) is 54.1 Å². The van der Waals surface area contributed by atoms with Crippen molar-refractivity contribution in [3.05, 3.63) is 0 Å². The van der Waals surface area contributed by atoms with Gasteiger partial charge in [-0.2, -0.15) is 0 Å². The number of nitrogens with one attached hydrogen (secondary N) is 1. The second kappa shape index (κ2) is 4.29. The van der Waals surface area contributed by atoms with E-state index in [1.807, 2.05) is 0 Å². The minimum absolute atomic E-state index is 0.0904. The van der Waals surface area contributed by atoms with Gasteiger partial charge in [0.1, 0.15) is 0 Å². The lowest BCUT2D eigenvalue weighted by Gasteiger charge is -2.26. The van der Waals surface area contributed by atoms with Gasteiger partial charge in [-0.25, -0.2) is 0 Å². The van der Waals surface area contributed by atoms with E-state index >= 15 is 0 Å². The zero-order chi connectivity index (χ0) is 9.97. The summed E-state index contributed by atoms with van der Waals surface area (Å²) >= 11 is 1.07. The molecule has 5 nitrogen and oxygen atoms in total. The monoisotopic (exact) mass is 216 g/mol. The van der Waals surface area contributed by atoms with Crippen LogP contribution in [0.3, 0.4) is 0 Å². The van der Waals surface area contributed by atoms with E-state index in [1.165, 1.54) is 4.90 Å². The fraction of sp³-hybridized carbons (Fsp3) is 0.750. The van der Waals surface area contributed by atoms with Crippen molar-refractivity contribution in [1.29, 1.82) is 0 Å². The Labute approximate surface area is 86.2 Å². The highest BCUT2D eigenvalue weighted by Gasteiger charge is 2.32. The van der Waals surface area contributed by atoms with Gasteiger partial charge in [0.05, 0.1) is 19.0 Å². The molecule has 2 saturated heterocycles. The smallest absolute Gasteiger partial charge is 0.288 e. The molecule has 0 aromatic heterocycles. The van der Waals surface area contributed by atoms with Gasteiger partial charge in [0, 0.05) is 19.1 Å². The van der Waals surface area contributed by atoms with Gasteiger partial charge in [-0.3, -0.25) is 14.5 Å². The molecule has 2 fully saturated rings. The summed E-state index contributed by atoms with van der Waals surface area (Å²) in [7, 11) is 0. The summed E-state index contributed by atoms with van der Waals surface area (Å²) in [6, 6.07) is 0.0929. The third-order valence-corrected chi connectivity index (χ3v) is 3.10. The van der Waals surface area contributed by atoms with E-state index in [2.05, 4.69) is 5.32 Å². The van der Waals surface area contributed by atoms with E-state index in [0.29, 0.717) is 19.8 Å². The molecule has 2 aliphatic rings. The summed E-state index contributed by atoms with van der Waals surface area (Å²) in [6.45, 7) is 2.49. The van der Waals surface area contributed by atoms with Crippen LogP contribution in [0.2, 0.25) is 0 Å². The molecule has 2 amide bonds. The maximum Gasteiger partial charge on any atom is 0.288 e. The van der Waals surface area contributed by atoms with Crippen LogP contribution in [0.25, 0.3) is 0 Å². The molecular weight excluding hydrogens is 204 g/mol. The molecular formula is C8H12N2O3S. The molecule has 0 bridgehead atoms. The van der Waals surface area contributed by atoms with Crippen LogP contribution < -0.4 is 5.32 Å². The first-order valence-corrected chi connectivity index (χ1v) is 5.54. The first kappa shape index (κ1) is 9.95. The molecule has 6 heteroatoms. The molecule has 0 radical (unpaired) electrons. The number of imide groups is 1. The van der Waals surface area contributed by atoms with Crippen molar-refractivity contribution in [2.24, 2.45) is 0 Å². The van der Waals surface area contributed by atoms with Crippen molar-refractivity contribution in [2.45, 2.75) is 6.04 Å². The summed E-state index contributed by atoms with van der Waals surface area (Å²) in [5.41, 5.74) is 0. The first-order chi connectivity index (χ1) is 6.77. The Morgan fingerprint density at radius 2 is 2.43 bits per heavy atom. The van der Waals surface area contributed by atoms with E-state index < -0.39 is 0 Å². The Hall–Kier alpha value is -0.590. The highest BCUT2D eigenvalue weighted by Crippen LogP contribution is 2.18. The average Bonchev–Trinajstić information content (AvgIpc) is 2.51. The molecule has 1 atom stereocenters. The van der Waals surface area contributed by atoms with Gasteiger partial charge < -0.3 is 10.1 Å². The van der Waals surface area contributed by atoms with E-state index in [-0.39, 0.29) is 22.9 Å². The van der Waals surface area contributed by atoms with Gasteiger partial charge in [-0.15, -0.1) is 0 Å². The number of carbonyl (C=O) groups is 2. The number of hydrogen-bond donors (Lipinski definition) is 1. The highest BCUT2D eigenvalue weighted by atomic mass is 32.2. The maximum absolute atomic E-state index is 11.3. The Morgan fingerprint density at radius 1 is 1.57 bits per heavy atom. The van der Waals surface area contributed by atoms with Gasteiger partial charge in [-0.05, 0) is 0 Å². The average molecular weight is 216 g/mol. The molecule has 0 aromatic rings. The summed E-state index contributed by atoms with van der Waals surface area (Å²) in [5.74, 6) is 0.194. The standard InChI is InChI=1S/C8H12N2O3S/c11-7-5-14-8(12)10(7)3-6-4-13-2-1-9-6/h6,9H,1-5H2/t6-/m1/s1. The van der Waals surface area contributed by atoms with Gasteiger partial charge in [0.2, 0.25) is 5.91 Å². The van der Waals surface area contributed by atoms with Gasteiger partial charge in [-0.1, -0.05) is 11.8 Å². The van der Waals surface area contributed by atoms with Crippen molar-refractivity contribution in [3.8, 4) is 0 Å². The van der Waals surface area contributed by atoms with E-state index in [9.17, 15) is 9.59 Å². The zero-order valence-corrected chi connectivity index (χ0v) is 8.51. The molecule has 1 N–H and O–H groups in total. The van der Waals surface area contributed by atoms with Crippen LogP contribution in [0.5, 0.6) is 0 Å². The Bertz CT molecular complexity index is 237. The molecule has 0 saturated carbocycles. The molecule has 78 valence electrons. The van der Waals surface area contributed by atoms with Crippen LogP contribution in [0, 0.1) is 0 Å². The summed E-state index contributed by atoms with van der Waals surface area (Å²) in [4.78, 5) is 23.8. The number of ether oxygens (including phenoxy) is 1. The molecule has 0 spiro atoms. The fourth-order valence-corrected chi connectivity index (χ4v) is 2.25. The number of thioether (sulfide) groups is 1. The van der Waals surface area contributed by atoms with Crippen LogP contribution in [-0.2, 0) is 9.53 Å². The Kier molecular flexibility index (Phi) is 3.05. The molecule has 0 unspecified atom stereocenters. The fourth-order valence-electron chi connectivity index (χ4n) is 1.51. The minimum atomic E-state index is -0.137. The molecule has 2 heterocycles.